The third-order valence-electron chi connectivity index (χ3n) is 5.08. The normalized spacial score (nSPS) is 14.3. The average Bonchev–Trinajstić information content (AvgIpc) is 3.49. The molecule has 0 aliphatic carbocycles. The van der Waals surface area contributed by atoms with E-state index in [9.17, 15) is 13.2 Å². The zero-order chi connectivity index (χ0) is 21.3. The predicted octanol–water partition coefficient (Wildman–Crippen LogP) is 4.63. The first-order valence-corrected chi connectivity index (χ1v) is 13.0. The van der Waals surface area contributed by atoms with E-state index in [4.69, 9.17) is 0 Å². The third kappa shape index (κ3) is 3.89. The highest BCUT2D eigenvalue weighted by Gasteiger charge is 2.27. The fraction of sp³-hybridized carbons (Fsp3) is 0.333. The average molecular weight is 462 g/mol. The Morgan fingerprint density at radius 3 is 2.57 bits per heavy atom. The van der Waals surface area contributed by atoms with Gasteiger partial charge in [-0.25, -0.2) is 13.4 Å². The SMILES string of the molecule is CCN(c1ccccc1)S(=O)(=O)c1cc(-c2nc(C)c(C(=O)N3CCCC3)s2)cs1. The van der Waals surface area contributed by atoms with E-state index in [-0.39, 0.29) is 10.1 Å². The van der Waals surface area contributed by atoms with Gasteiger partial charge in [-0.15, -0.1) is 22.7 Å². The molecule has 6 nitrogen and oxygen atoms in total. The van der Waals surface area contributed by atoms with Gasteiger partial charge >= 0.3 is 0 Å². The van der Waals surface area contributed by atoms with E-state index in [0.717, 1.165) is 31.5 Å². The maximum atomic E-state index is 13.2. The molecule has 30 heavy (non-hydrogen) atoms. The molecule has 1 fully saturated rings. The summed E-state index contributed by atoms with van der Waals surface area (Å²) in [7, 11) is -3.67. The first-order chi connectivity index (χ1) is 14.4. The van der Waals surface area contributed by atoms with E-state index in [0.29, 0.717) is 27.8 Å². The Morgan fingerprint density at radius 2 is 1.90 bits per heavy atom. The predicted molar refractivity (Wildman–Crippen MR) is 122 cm³/mol. The van der Waals surface area contributed by atoms with Gasteiger partial charge in [0, 0.05) is 30.6 Å². The van der Waals surface area contributed by atoms with Crippen molar-refractivity contribution in [3.8, 4) is 10.6 Å². The van der Waals surface area contributed by atoms with Crippen LogP contribution >= 0.6 is 22.7 Å². The van der Waals surface area contributed by atoms with Gasteiger partial charge in [-0.05, 0) is 44.9 Å². The molecule has 1 aliphatic rings. The van der Waals surface area contributed by atoms with Gasteiger partial charge < -0.3 is 4.90 Å². The van der Waals surface area contributed by atoms with E-state index in [1.165, 1.54) is 27.0 Å². The van der Waals surface area contributed by atoms with E-state index in [1.54, 1.807) is 23.6 Å². The van der Waals surface area contributed by atoms with Crippen molar-refractivity contribution in [1.82, 2.24) is 9.88 Å². The van der Waals surface area contributed by atoms with Crippen molar-refractivity contribution >= 4 is 44.3 Å². The quantitative estimate of drug-likeness (QED) is 0.537. The van der Waals surface area contributed by atoms with Crippen LogP contribution in [-0.4, -0.2) is 43.8 Å². The largest absolute Gasteiger partial charge is 0.338 e. The highest BCUT2D eigenvalue weighted by Crippen LogP contribution is 2.35. The molecular formula is C21H23N3O3S3. The number of thiazole rings is 1. The number of sulfonamides is 1. The zero-order valence-electron chi connectivity index (χ0n) is 16.9. The van der Waals surface area contributed by atoms with Crippen molar-refractivity contribution in [2.45, 2.75) is 30.9 Å². The van der Waals surface area contributed by atoms with Crippen LogP contribution in [-0.2, 0) is 10.0 Å². The molecule has 0 unspecified atom stereocenters. The molecule has 3 aromatic rings. The Balaban J connectivity index is 1.63. The molecule has 1 saturated heterocycles. The molecule has 0 saturated carbocycles. The summed E-state index contributed by atoms with van der Waals surface area (Å²) in [6, 6.07) is 10.7. The summed E-state index contributed by atoms with van der Waals surface area (Å²) in [4.78, 5) is 19.8. The number of rotatable bonds is 6. The molecule has 1 aliphatic heterocycles. The van der Waals surface area contributed by atoms with Gasteiger partial charge in [0.2, 0.25) is 0 Å². The summed E-state index contributed by atoms with van der Waals surface area (Å²) in [6.45, 7) is 5.57. The fourth-order valence-corrected chi connectivity index (χ4v) is 7.39. The first kappa shape index (κ1) is 21.0. The number of carbonyl (C=O) groups is 1. The second-order valence-corrected chi connectivity index (χ2v) is 11.1. The van der Waals surface area contributed by atoms with Crippen molar-refractivity contribution in [3.05, 3.63) is 52.3 Å². The summed E-state index contributed by atoms with van der Waals surface area (Å²) in [5.74, 6) is 0.0260. The van der Waals surface area contributed by atoms with Crippen molar-refractivity contribution < 1.29 is 13.2 Å². The number of thiophene rings is 1. The van der Waals surface area contributed by atoms with Crippen LogP contribution in [0.2, 0.25) is 0 Å². The fourth-order valence-electron chi connectivity index (χ4n) is 3.54. The number of hydrogen-bond acceptors (Lipinski definition) is 6. The van der Waals surface area contributed by atoms with E-state index < -0.39 is 10.0 Å². The minimum absolute atomic E-state index is 0.0260. The molecule has 1 aromatic carbocycles. The van der Waals surface area contributed by atoms with Gasteiger partial charge in [0.15, 0.2) is 0 Å². The summed E-state index contributed by atoms with van der Waals surface area (Å²) >= 11 is 2.52. The molecule has 0 spiro atoms. The van der Waals surface area contributed by atoms with Gasteiger partial charge in [0.1, 0.15) is 14.1 Å². The van der Waals surface area contributed by atoms with Crippen LogP contribution in [0.4, 0.5) is 5.69 Å². The van der Waals surface area contributed by atoms with Gasteiger partial charge in [-0.1, -0.05) is 18.2 Å². The molecule has 0 radical (unpaired) electrons. The van der Waals surface area contributed by atoms with Crippen LogP contribution in [0.25, 0.3) is 10.6 Å². The number of hydrogen-bond donors (Lipinski definition) is 0. The number of aryl methyl sites for hydroxylation is 1. The monoisotopic (exact) mass is 461 g/mol. The van der Waals surface area contributed by atoms with Crippen LogP contribution in [0.1, 0.15) is 35.1 Å². The number of benzene rings is 1. The lowest BCUT2D eigenvalue weighted by molar-refractivity contribution is 0.0796. The van der Waals surface area contributed by atoms with E-state index >= 15 is 0 Å². The Bertz CT molecular complexity index is 1150. The lowest BCUT2D eigenvalue weighted by atomic mass is 10.3. The van der Waals surface area contributed by atoms with Gasteiger partial charge in [0.25, 0.3) is 15.9 Å². The smallest absolute Gasteiger partial charge is 0.273 e. The molecule has 9 heteroatoms. The maximum absolute atomic E-state index is 13.2. The van der Waals surface area contributed by atoms with Gasteiger partial charge in [-0.3, -0.25) is 9.10 Å². The van der Waals surface area contributed by atoms with Gasteiger partial charge in [0.05, 0.1) is 11.4 Å². The Labute approximate surface area is 184 Å². The highest BCUT2D eigenvalue weighted by molar-refractivity contribution is 7.94. The Kier molecular flexibility index (Phi) is 5.95. The molecule has 4 rings (SSSR count). The van der Waals surface area contributed by atoms with Crippen molar-refractivity contribution in [2.75, 3.05) is 23.9 Å². The number of nitrogens with zero attached hydrogens (tertiary/aromatic N) is 3. The minimum atomic E-state index is -3.67. The van der Waals surface area contributed by atoms with Crippen LogP contribution in [0.3, 0.4) is 0 Å². The topological polar surface area (TPSA) is 70.6 Å². The zero-order valence-corrected chi connectivity index (χ0v) is 19.3. The second-order valence-electron chi connectivity index (χ2n) is 7.09. The molecule has 158 valence electrons. The molecule has 0 bridgehead atoms. The van der Waals surface area contributed by atoms with Gasteiger partial charge in [-0.2, -0.15) is 0 Å². The lowest BCUT2D eigenvalue weighted by Gasteiger charge is -2.21. The van der Waals surface area contributed by atoms with Crippen molar-refractivity contribution in [1.29, 1.82) is 0 Å². The Hall–Kier alpha value is -2.23. The molecular weight excluding hydrogens is 438 g/mol. The summed E-state index contributed by atoms with van der Waals surface area (Å²) < 4.78 is 28.1. The maximum Gasteiger partial charge on any atom is 0.273 e. The number of likely N-dealkylation sites (tertiary alicyclic amines) is 1. The van der Waals surface area contributed by atoms with Crippen LogP contribution in [0.5, 0.6) is 0 Å². The highest BCUT2D eigenvalue weighted by atomic mass is 32.2. The van der Waals surface area contributed by atoms with Crippen LogP contribution in [0, 0.1) is 6.92 Å². The second kappa shape index (κ2) is 8.49. The molecule has 2 aromatic heterocycles. The number of carbonyl (C=O) groups excluding carboxylic acids is 1. The minimum Gasteiger partial charge on any atom is -0.338 e. The van der Waals surface area contributed by atoms with Crippen LogP contribution < -0.4 is 4.31 Å². The van der Waals surface area contributed by atoms with Crippen LogP contribution in [0.15, 0.2) is 46.0 Å². The number of para-hydroxylation sites is 1. The standard InChI is InChI=1S/C21H23N3O3S3/c1-3-24(17-9-5-4-6-10-17)30(26,27)18-13-16(14-28-18)20-22-15(2)19(29-20)21(25)23-11-7-8-12-23/h4-6,9-10,13-14H,3,7-8,11-12H2,1-2H3. The van der Waals surface area contributed by atoms with E-state index in [1.807, 2.05) is 36.9 Å². The summed E-state index contributed by atoms with van der Waals surface area (Å²) in [5.41, 5.74) is 2.07. The molecule has 3 heterocycles. The number of anilines is 1. The van der Waals surface area contributed by atoms with Crippen molar-refractivity contribution in [2.24, 2.45) is 0 Å². The number of amides is 1. The van der Waals surface area contributed by atoms with Crippen molar-refractivity contribution in [3.63, 3.8) is 0 Å². The Morgan fingerprint density at radius 1 is 1.20 bits per heavy atom. The lowest BCUT2D eigenvalue weighted by Crippen LogP contribution is -2.30. The summed E-state index contributed by atoms with van der Waals surface area (Å²) in [6.07, 6.45) is 2.08. The van der Waals surface area contributed by atoms with E-state index in [2.05, 4.69) is 4.98 Å². The first-order valence-electron chi connectivity index (χ1n) is 9.85. The number of aromatic nitrogens is 1. The third-order valence-corrected chi connectivity index (χ3v) is 9.59. The molecule has 1 amide bonds. The molecule has 0 atom stereocenters. The summed E-state index contributed by atoms with van der Waals surface area (Å²) in [5, 5.41) is 2.48. The molecule has 0 N–H and O–H groups in total.